The second-order valence-electron chi connectivity index (χ2n) is 2.21. The summed E-state index contributed by atoms with van der Waals surface area (Å²) in [4.78, 5) is 9.93. The van der Waals surface area contributed by atoms with E-state index in [-0.39, 0.29) is 25.3 Å². The molecule has 0 saturated carbocycles. The van der Waals surface area contributed by atoms with Crippen LogP contribution in [0.5, 0.6) is 0 Å². The smallest absolute Gasteiger partial charge is 0.317 e. The fraction of sp³-hybridized carbons (Fsp3) is 0.800. The average Bonchev–Trinajstić information content (AvgIpc) is 1.83. The van der Waals surface area contributed by atoms with Gasteiger partial charge in [-0.1, -0.05) is 0 Å². The third-order valence-electron chi connectivity index (χ3n) is 1.03. The van der Waals surface area contributed by atoms with Crippen molar-refractivity contribution in [2.24, 2.45) is 0 Å². The van der Waals surface area contributed by atoms with Gasteiger partial charge in [0.25, 0.3) is 10.1 Å². The van der Waals surface area contributed by atoms with E-state index in [1.165, 1.54) is 0 Å². The van der Waals surface area contributed by atoms with Gasteiger partial charge < -0.3 is 10.4 Å². The Morgan fingerprint density at radius 2 is 2.00 bits per heavy atom. The summed E-state index contributed by atoms with van der Waals surface area (Å²) in [7, 11) is -3.91. The Balaban J connectivity index is 3.29. The van der Waals surface area contributed by atoms with Crippen LogP contribution in [0.3, 0.4) is 0 Å². The Bertz CT molecular complexity index is 234. The van der Waals surface area contributed by atoms with Crippen molar-refractivity contribution in [1.82, 2.24) is 5.32 Å². The molecular formula is C5H11NO5S. The van der Waals surface area contributed by atoms with Crippen LogP contribution in [0.15, 0.2) is 0 Å². The Morgan fingerprint density at radius 3 is 2.42 bits per heavy atom. The van der Waals surface area contributed by atoms with Crippen LogP contribution < -0.4 is 5.32 Å². The molecule has 0 aliphatic heterocycles. The average molecular weight is 197 g/mol. The first-order chi connectivity index (χ1) is 5.42. The Labute approximate surface area is 70.3 Å². The van der Waals surface area contributed by atoms with Crippen LogP contribution in [0.2, 0.25) is 0 Å². The number of hydrogen-bond acceptors (Lipinski definition) is 4. The van der Waals surface area contributed by atoms with Gasteiger partial charge in [0, 0.05) is 0 Å². The first-order valence-corrected chi connectivity index (χ1v) is 4.90. The van der Waals surface area contributed by atoms with Crippen LogP contribution >= 0.6 is 0 Å². The highest BCUT2D eigenvalue weighted by molar-refractivity contribution is 7.85. The van der Waals surface area contributed by atoms with Gasteiger partial charge in [-0.3, -0.25) is 9.35 Å². The molecule has 0 fully saturated rings. The standard InChI is InChI=1S/C5H11NO5S/c7-5(8)4-6-2-1-3-12(9,10)11/h6H,1-4H2,(H,7,8)(H,9,10,11). The molecule has 0 spiro atoms. The van der Waals surface area contributed by atoms with Crippen molar-refractivity contribution in [2.75, 3.05) is 18.8 Å². The number of carboxylic acids is 1. The molecule has 0 amide bonds. The van der Waals surface area contributed by atoms with Gasteiger partial charge in [-0.25, -0.2) is 0 Å². The third kappa shape index (κ3) is 9.34. The number of nitrogens with one attached hydrogen (secondary N) is 1. The molecule has 0 saturated heterocycles. The largest absolute Gasteiger partial charge is 0.480 e. The highest BCUT2D eigenvalue weighted by atomic mass is 32.2. The van der Waals surface area contributed by atoms with Crippen molar-refractivity contribution in [3.63, 3.8) is 0 Å². The minimum Gasteiger partial charge on any atom is -0.480 e. The highest BCUT2D eigenvalue weighted by Gasteiger charge is 2.03. The SMILES string of the molecule is O=C(O)CNCCCS(=O)(=O)O. The first kappa shape index (κ1) is 11.3. The lowest BCUT2D eigenvalue weighted by molar-refractivity contribution is -0.135. The number of carboxylic acid groups (broad SMARTS) is 1. The fourth-order valence-electron chi connectivity index (χ4n) is 0.575. The molecule has 0 aromatic rings. The lowest BCUT2D eigenvalue weighted by Crippen LogP contribution is -2.24. The summed E-state index contributed by atoms with van der Waals surface area (Å²) in [5, 5.41) is 10.6. The molecule has 0 aliphatic carbocycles. The summed E-state index contributed by atoms with van der Waals surface area (Å²) < 4.78 is 28.5. The molecule has 0 aromatic heterocycles. The molecule has 7 heteroatoms. The second kappa shape index (κ2) is 5.07. The van der Waals surface area contributed by atoms with E-state index < -0.39 is 16.1 Å². The molecule has 0 aromatic carbocycles. The van der Waals surface area contributed by atoms with Crippen LogP contribution in [0.25, 0.3) is 0 Å². The van der Waals surface area contributed by atoms with Crippen LogP contribution in [-0.2, 0) is 14.9 Å². The molecular weight excluding hydrogens is 186 g/mol. The molecule has 0 bridgehead atoms. The van der Waals surface area contributed by atoms with Gasteiger partial charge in [-0.05, 0) is 13.0 Å². The summed E-state index contributed by atoms with van der Waals surface area (Å²) in [6.07, 6.45) is 0.201. The predicted molar refractivity (Wildman–Crippen MR) is 41.5 cm³/mol. The fourth-order valence-corrected chi connectivity index (χ4v) is 1.08. The molecule has 12 heavy (non-hydrogen) atoms. The molecule has 0 rings (SSSR count). The summed E-state index contributed by atoms with van der Waals surface area (Å²) in [6.45, 7) is 0.0531. The lowest BCUT2D eigenvalue weighted by atomic mass is 10.5. The summed E-state index contributed by atoms with van der Waals surface area (Å²) >= 11 is 0. The van der Waals surface area contributed by atoms with Crippen LogP contribution in [0.1, 0.15) is 6.42 Å². The van der Waals surface area contributed by atoms with Crippen molar-refractivity contribution in [2.45, 2.75) is 6.42 Å². The van der Waals surface area contributed by atoms with Gasteiger partial charge >= 0.3 is 5.97 Å². The maximum atomic E-state index is 10.1. The second-order valence-corrected chi connectivity index (χ2v) is 3.78. The molecule has 72 valence electrons. The van der Waals surface area contributed by atoms with Crippen molar-refractivity contribution in [3.05, 3.63) is 0 Å². The van der Waals surface area contributed by atoms with E-state index in [0.717, 1.165) is 0 Å². The van der Waals surface area contributed by atoms with Gasteiger partial charge in [0.15, 0.2) is 0 Å². The van der Waals surface area contributed by atoms with Gasteiger partial charge in [0.05, 0.1) is 12.3 Å². The predicted octanol–water partition coefficient (Wildman–Crippen LogP) is -1.06. The summed E-state index contributed by atoms with van der Waals surface area (Å²) in [5.41, 5.74) is 0. The van der Waals surface area contributed by atoms with E-state index in [0.29, 0.717) is 0 Å². The number of hydrogen-bond donors (Lipinski definition) is 3. The van der Waals surface area contributed by atoms with Crippen LogP contribution in [0, 0.1) is 0 Å². The molecule has 0 radical (unpaired) electrons. The quantitative estimate of drug-likeness (QED) is 0.370. The molecule has 0 unspecified atom stereocenters. The highest BCUT2D eigenvalue weighted by Crippen LogP contribution is 1.85. The molecule has 0 aliphatic rings. The molecule has 0 heterocycles. The van der Waals surface area contributed by atoms with E-state index in [4.69, 9.17) is 9.66 Å². The maximum absolute atomic E-state index is 10.1. The zero-order valence-electron chi connectivity index (χ0n) is 6.36. The monoisotopic (exact) mass is 197 g/mol. The van der Waals surface area contributed by atoms with Crippen LogP contribution in [0.4, 0.5) is 0 Å². The van der Waals surface area contributed by atoms with Crippen molar-refractivity contribution < 1.29 is 22.9 Å². The first-order valence-electron chi connectivity index (χ1n) is 3.29. The van der Waals surface area contributed by atoms with Crippen molar-refractivity contribution >= 4 is 16.1 Å². The molecule has 0 atom stereocenters. The summed E-state index contributed by atoms with van der Waals surface area (Å²) in [5.74, 6) is -1.35. The number of rotatable bonds is 6. The maximum Gasteiger partial charge on any atom is 0.317 e. The minimum atomic E-state index is -3.91. The van der Waals surface area contributed by atoms with Gasteiger partial charge in [0.2, 0.25) is 0 Å². The van der Waals surface area contributed by atoms with Gasteiger partial charge in [-0.2, -0.15) is 8.42 Å². The van der Waals surface area contributed by atoms with E-state index in [2.05, 4.69) is 5.32 Å². The van der Waals surface area contributed by atoms with Crippen LogP contribution in [-0.4, -0.2) is 42.9 Å². The van der Waals surface area contributed by atoms with E-state index >= 15 is 0 Å². The normalized spacial score (nSPS) is 11.4. The van der Waals surface area contributed by atoms with E-state index in [9.17, 15) is 13.2 Å². The Hall–Kier alpha value is -0.660. The minimum absolute atomic E-state index is 0.201. The zero-order chi connectivity index (χ0) is 9.61. The topological polar surface area (TPSA) is 104 Å². The Morgan fingerprint density at radius 1 is 1.42 bits per heavy atom. The third-order valence-corrected chi connectivity index (χ3v) is 1.84. The lowest BCUT2D eigenvalue weighted by Gasteiger charge is -1.99. The van der Waals surface area contributed by atoms with E-state index in [1.807, 2.05) is 0 Å². The zero-order valence-corrected chi connectivity index (χ0v) is 7.17. The Kier molecular flexibility index (Phi) is 4.79. The van der Waals surface area contributed by atoms with E-state index in [1.54, 1.807) is 0 Å². The number of aliphatic carboxylic acids is 1. The molecule has 6 nitrogen and oxygen atoms in total. The van der Waals surface area contributed by atoms with Gasteiger partial charge in [-0.15, -0.1) is 0 Å². The van der Waals surface area contributed by atoms with Crippen molar-refractivity contribution in [1.29, 1.82) is 0 Å². The molecule has 3 N–H and O–H groups in total. The van der Waals surface area contributed by atoms with Gasteiger partial charge in [0.1, 0.15) is 0 Å². The summed E-state index contributed by atoms with van der Waals surface area (Å²) in [6, 6.07) is 0. The number of carbonyl (C=O) groups is 1. The van der Waals surface area contributed by atoms with Crippen molar-refractivity contribution in [3.8, 4) is 0 Å².